The summed E-state index contributed by atoms with van der Waals surface area (Å²) in [4.78, 5) is 3.26. The minimum atomic E-state index is -3.40. The molecule has 0 unspecified atom stereocenters. The molecule has 1 heterocycles. The molecule has 29 heavy (non-hydrogen) atoms. The highest BCUT2D eigenvalue weighted by molar-refractivity contribution is 7.88. The Morgan fingerprint density at radius 2 is 1.76 bits per heavy atom. The van der Waals surface area contributed by atoms with Crippen molar-refractivity contribution in [1.29, 1.82) is 0 Å². The number of benzene rings is 2. The third-order valence-corrected chi connectivity index (χ3v) is 6.26. The lowest BCUT2D eigenvalue weighted by atomic mass is 10.1. The number of H-pyrrole nitrogens is 1. The van der Waals surface area contributed by atoms with Crippen molar-refractivity contribution < 1.29 is 13.2 Å². The Morgan fingerprint density at radius 3 is 2.48 bits per heavy atom. The van der Waals surface area contributed by atoms with Gasteiger partial charge in [-0.15, -0.1) is 0 Å². The van der Waals surface area contributed by atoms with Crippen LogP contribution in [0.1, 0.15) is 23.6 Å². The number of methoxy groups -OCH3 is 1. The monoisotopic (exact) mass is 415 g/mol. The molecule has 6 nitrogen and oxygen atoms in total. The number of nitrogens with one attached hydrogen (secondary N) is 3. The van der Waals surface area contributed by atoms with Crippen LogP contribution in [0.5, 0.6) is 5.75 Å². The van der Waals surface area contributed by atoms with Crippen LogP contribution in [0, 0.1) is 0 Å². The maximum atomic E-state index is 12.5. The minimum Gasteiger partial charge on any atom is -0.497 e. The van der Waals surface area contributed by atoms with E-state index >= 15 is 0 Å². The summed E-state index contributed by atoms with van der Waals surface area (Å²) in [5.74, 6) is 0.767. The van der Waals surface area contributed by atoms with Crippen LogP contribution >= 0.6 is 0 Å². The van der Waals surface area contributed by atoms with Crippen molar-refractivity contribution in [2.75, 3.05) is 26.7 Å². The predicted molar refractivity (Wildman–Crippen MR) is 118 cm³/mol. The van der Waals surface area contributed by atoms with E-state index in [2.05, 4.69) is 21.9 Å². The zero-order chi connectivity index (χ0) is 20.7. The summed E-state index contributed by atoms with van der Waals surface area (Å²) in [5.41, 5.74) is 4.09. The summed E-state index contributed by atoms with van der Waals surface area (Å²) >= 11 is 0. The molecule has 156 valence electrons. The van der Waals surface area contributed by atoms with Crippen molar-refractivity contribution >= 4 is 20.9 Å². The summed E-state index contributed by atoms with van der Waals surface area (Å²) in [6.45, 7) is 4.29. The van der Waals surface area contributed by atoms with Crippen LogP contribution in [0.3, 0.4) is 0 Å². The molecule has 2 aromatic carbocycles. The average molecular weight is 416 g/mol. The van der Waals surface area contributed by atoms with E-state index in [4.69, 9.17) is 4.74 Å². The molecule has 0 spiro atoms. The Hall–Kier alpha value is -2.35. The second kappa shape index (κ2) is 9.91. The Balaban J connectivity index is 1.59. The van der Waals surface area contributed by atoms with Crippen LogP contribution in [0.4, 0.5) is 0 Å². The Kier molecular flexibility index (Phi) is 7.30. The molecule has 3 rings (SSSR count). The predicted octanol–water partition coefficient (Wildman–Crippen LogP) is 2.99. The van der Waals surface area contributed by atoms with E-state index in [-0.39, 0.29) is 5.75 Å². The number of hydrogen-bond acceptors (Lipinski definition) is 4. The van der Waals surface area contributed by atoms with Crippen LogP contribution < -0.4 is 14.8 Å². The standard InChI is InChI=1S/C22H29N3O3S/c1-3-23-12-11-19-15-24-22-9-6-18(14-21(19)22)16-29(26,27)25-13-10-17-4-7-20(28-2)8-5-17/h4-9,14-15,23-25H,3,10-13,16H2,1-2H3. The van der Waals surface area contributed by atoms with E-state index in [1.807, 2.05) is 48.7 Å². The zero-order valence-electron chi connectivity index (χ0n) is 17.0. The van der Waals surface area contributed by atoms with Crippen molar-refractivity contribution in [1.82, 2.24) is 15.0 Å². The Labute approximate surface area is 172 Å². The quantitative estimate of drug-likeness (QED) is 0.421. The first-order chi connectivity index (χ1) is 14.0. The van der Waals surface area contributed by atoms with Gasteiger partial charge in [0.25, 0.3) is 0 Å². The summed E-state index contributed by atoms with van der Waals surface area (Å²) in [6.07, 6.45) is 3.55. The highest BCUT2D eigenvalue weighted by atomic mass is 32.2. The summed E-state index contributed by atoms with van der Waals surface area (Å²) < 4.78 is 32.9. The van der Waals surface area contributed by atoms with Gasteiger partial charge in [0.1, 0.15) is 5.75 Å². The van der Waals surface area contributed by atoms with Crippen molar-refractivity contribution in [3.63, 3.8) is 0 Å². The summed E-state index contributed by atoms with van der Waals surface area (Å²) in [5, 5.41) is 4.41. The molecule has 0 aliphatic rings. The number of fused-ring (bicyclic) bond motifs is 1. The van der Waals surface area contributed by atoms with Crippen LogP contribution in [-0.4, -0.2) is 40.1 Å². The van der Waals surface area contributed by atoms with Gasteiger partial charge < -0.3 is 15.0 Å². The largest absolute Gasteiger partial charge is 0.497 e. The van der Waals surface area contributed by atoms with E-state index in [9.17, 15) is 8.42 Å². The molecular formula is C22H29N3O3S. The first-order valence-corrected chi connectivity index (χ1v) is 11.6. The third kappa shape index (κ3) is 6.06. The van der Waals surface area contributed by atoms with Gasteiger partial charge in [0.15, 0.2) is 0 Å². The van der Waals surface area contributed by atoms with Crippen molar-refractivity contribution in [3.05, 3.63) is 65.4 Å². The number of ether oxygens (including phenoxy) is 1. The minimum absolute atomic E-state index is 0.0244. The molecule has 0 aliphatic heterocycles. The van der Waals surface area contributed by atoms with E-state index < -0.39 is 10.0 Å². The van der Waals surface area contributed by atoms with Gasteiger partial charge in [-0.25, -0.2) is 13.1 Å². The Morgan fingerprint density at radius 1 is 1.00 bits per heavy atom. The van der Waals surface area contributed by atoms with Gasteiger partial charge >= 0.3 is 0 Å². The van der Waals surface area contributed by atoms with Gasteiger partial charge in [0.05, 0.1) is 12.9 Å². The third-order valence-electron chi connectivity index (χ3n) is 4.90. The Bertz CT molecular complexity index is 1030. The molecule has 0 aliphatic carbocycles. The van der Waals surface area contributed by atoms with Crippen LogP contribution in [0.15, 0.2) is 48.7 Å². The van der Waals surface area contributed by atoms with Gasteiger partial charge in [-0.05, 0) is 66.9 Å². The lowest BCUT2D eigenvalue weighted by molar-refractivity contribution is 0.414. The van der Waals surface area contributed by atoms with Gasteiger partial charge in [0, 0.05) is 23.6 Å². The van der Waals surface area contributed by atoms with Gasteiger partial charge in [-0.2, -0.15) is 0 Å². The molecule has 0 fully saturated rings. The SMILES string of the molecule is CCNCCc1c[nH]c2ccc(CS(=O)(=O)NCCc3ccc(OC)cc3)cc12. The first kappa shape index (κ1) is 21.4. The molecule has 3 aromatic rings. The summed E-state index contributed by atoms with van der Waals surface area (Å²) in [6, 6.07) is 13.5. The highest BCUT2D eigenvalue weighted by Gasteiger charge is 2.13. The molecule has 0 amide bonds. The second-order valence-corrected chi connectivity index (χ2v) is 8.86. The molecule has 0 radical (unpaired) electrons. The number of rotatable bonds is 11. The fourth-order valence-corrected chi connectivity index (χ4v) is 4.47. The van der Waals surface area contributed by atoms with E-state index in [0.29, 0.717) is 13.0 Å². The molecule has 7 heteroatoms. The number of likely N-dealkylation sites (N-methyl/N-ethyl adjacent to an activating group) is 1. The van der Waals surface area contributed by atoms with Gasteiger partial charge in [-0.1, -0.05) is 25.1 Å². The first-order valence-electron chi connectivity index (χ1n) is 9.90. The number of sulfonamides is 1. The van der Waals surface area contributed by atoms with Crippen molar-refractivity contribution in [3.8, 4) is 5.75 Å². The van der Waals surface area contributed by atoms with E-state index in [1.54, 1.807) is 7.11 Å². The van der Waals surface area contributed by atoms with Crippen LogP contribution in [-0.2, 0) is 28.6 Å². The van der Waals surface area contributed by atoms with Gasteiger partial charge in [-0.3, -0.25) is 0 Å². The smallest absolute Gasteiger partial charge is 0.215 e. The topological polar surface area (TPSA) is 83.2 Å². The number of hydrogen-bond donors (Lipinski definition) is 3. The fraction of sp³-hybridized carbons (Fsp3) is 0.364. The maximum Gasteiger partial charge on any atom is 0.215 e. The molecule has 1 aromatic heterocycles. The van der Waals surface area contributed by atoms with Crippen LogP contribution in [0.25, 0.3) is 10.9 Å². The molecule has 0 atom stereocenters. The second-order valence-electron chi connectivity index (χ2n) is 7.05. The summed E-state index contributed by atoms with van der Waals surface area (Å²) in [7, 11) is -1.78. The van der Waals surface area contributed by atoms with Gasteiger partial charge in [0.2, 0.25) is 10.0 Å². The van der Waals surface area contributed by atoms with E-state index in [1.165, 1.54) is 5.56 Å². The molecule has 3 N–H and O–H groups in total. The lowest BCUT2D eigenvalue weighted by Gasteiger charge is -2.08. The van der Waals surface area contributed by atoms with E-state index in [0.717, 1.165) is 47.3 Å². The molecule has 0 saturated carbocycles. The number of aromatic nitrogens is 1. The molecule has 0 saturated heterocycles. The average Bonchev–Trinajstić information content (AvgIpc) is 3.10. The maximum absolute atomic E-state index is 12.5. The molecule has 0 bridgehead atoms. The molecular weight excluding hydrogens is 386 g/mol. The zero-order valence-corrected chi connectivity index (χ0v) is 17.8. The fourth-order valence-electron chi connectivity index (χ4n) is 3.34. The number of aromatic amines is 1. The lowest BCUT2D eigenvalue weighted by Crippen LogP contribution is -2.27. The normalized spacial score (nSPS) is 11.8. The van der Waals surface area contributed by atoms with Crippen LogP contribution in [0.2, 0.25) is 0 Å². The van der Waals surface area contributed by atoms with Crippen molar-refractivity contribution in [2.24, 2.45) is 0 Å². The highest BCUT2D eigenvalue weighted by Crippen LogP contribution is 2.21. The van der Waals surface area contributed by atoms with Crippen molar-refractivity contribution in [2.45, 2.75) is 25.5 Å².